The summed E-state index contributed by atoms with van der Waals surface area (Å²) in [5.41, 5.74) is 2.77. The molecule has 192 valence electrons. The Labute approximate surface area is 227 Å². The first-order valence-electron chi connectivity index (χ1n) is 11.5. The molecule has 3 aromatic rings. The molecule has 11 heteroatoms. The SMILES string of the molecule is CC1=C(C(=O)Nc2ccccc2C)C(c2cccs2)C(C#N)=C(SCC(=O)Nc2ccccc2[N+](=O)[O-])N1. The fraction of sp³-hybridized carbons (Fsp3) is 0.148. The number of carbonyl (C=O) groups excluding carboxylic acids is 2. The summed E-state index contributed by atoms with van der Waals surface area (Å²) in [6.07, 6.45) is 0. The van der Waals surface area contributed by atoms with Crippen molar-refractivity contribution in [3.63, 3.8) is 0 Å². The molecular weight excluding hydrogens is 522 g/mol. The largest absolute Gasteiger partial charge is 0.353 e. The lowest BCUT2D eigenvalue weighted by molar-refractivity contribution is -0.383. The number of hydrogen-bond acceptors (Lipinski definition) is 8. The lowest BCUT2D eigenvalue weighted by atomic mass is 9.86. The Morgan fingerprint density at radius 1 is 1.08 bits per heavy atom. The van der Waals surface area contributed by atoms with Crippen molar-refractivity contribution in [2.45, 2.75) is 19.8 Å². The van der Waals surface area contributed by atoms with Crippen LogP contribution in [0.2, 0.25) is 0 Å². The number of dihydropyridines is 1. The average Bonchev–Trinajstić information content (AvgIpc) is 3.43. The normalized spacial score (nSPS) is 14.9. The summed E-state index contributed by atoms with van der Waals surface area (Å²) >= 11 is 2.53. The quantitative estimate of drug-likeness (QED) is 0.245. The lowest BCUT2D eigenvalue weighted by Crippen LogP contribution is -2.31. The number of nitrogens with one attached hydrogen (secondary N) is 3. The van der Waals surface area contributed by atoms with Gasteiger partial charge in [0.2, 0.25) is 5.91 Å². The van der Waals surface area contributed by atoms with E-state index in [-0.39, 0.29) is 23.0 Å². The van der Waals surface area contributed by atoms with E-state index < -0.39 is 16.7 Å². The standard InChI is InChI=1S/C27H23N5O4S2/c1-16-8-3-4-9-19(16)31-26(34)24-17(2)29-27(18(14-28)25(24)22-12-7-13-37-22)38-15-23(33)30-20-10-5-6-11-21(20)32(35)36/h3-13,25,29H,15H2,1-2H3,(H,30,33)(H,31,34). The molecule has 0 aliphatic carbocycles. The molecule has 2 aromatic carbocycles. The highest BCUT2D eigenvalue weighted by atomic mass is 32.2. The van der Waals surface area contributed by atoms with Crippen LogP contribution < -0.4 is 16.0 Å². The van der Waals surface area contributed by atoms with Crippen LogP contribution in [0.1, 0.15) is 23.3 Å². The van der Waals surface area contributed by atoms with Gasteiger partial charge in [0.25, 0.3) is 11.6 Å². The molecule has 0 fully saturated rings. The van der Waals surface area contributed by atoms with Crippen molar-refractivity contribution in [1.82, 2.24) is 5.32 Å². The fourth-order valence-electron chi connectivity index (χ4n) is 4.03. The maximum absolute atomic E-state index is 13.5. The number of nitrogens with zero attached hydrogens (tertiary/aromatic N) is 2. The number of benzene rings is 2. The second-order valence-corrected chi connectivity index (χ2v) is 10.3. The van der Waals surface area contributed by atoms with E-state index in [0.29, 0.717) is 27.6 Å². The van der Waals surface area contributed by atoms with Gasteiger partial charge in [-0.3, -0.25) is 19.7 Å². The van der Waals surface area contributed by atoms with Crippen molar-refractivity contribution >= 4 is 52.0 Å². The molecule has 4 rings (SSSR count). The van der Waals surface area contributed by atoms with Gasteiger partial charge >= 0.3 is 0 Å². The summed E-state index contributed by atoms with van der Waals surface area (Å²) in [5, 5.41) is 32.4. The second kappa shape index (κ2) is 11.8. The Morgan fingerprint density at radius 2 is 1.79 bits per heavy atom. The number of rotatable bonds is 8. The van der Waals surface area contributed by atoms with Crippen LogP contribution >= 0.6 is 23.1 Å². The molecule has 0 spiro atoms. The van der Waals surface area contributed by atoms with Gasteiger partial charge in [-0.25, -0.2) is 0 Å². The number of nitro groups is 1. The molecular formula is C27H23N5O4S2. The summed E-state index contributed by atoms with van der Waals surface area (Å²) in [6, 6.07) is 19.3. The first-order valence-corrected chi connectivity index (χ1v) is 13.3. The monoisotopic (exact) mass is 545 g/mol. The van der Waals surface area contributed by atoms with Crippen LogP contribution in [0.15, 0.2) is 87.9 Å². The molecule has 0 saturated carbocycles. The van der Waals surface area contributed by atoms with Gasteiger partial charge in [-0.15, -0.1) is 11.3 Å². The maximum Gasteiger partial charge on any atom is 0.292 e. The number of thiophene rings is 1. The molecule has 1 aliphatic heterocycles. The number of carbonyl (C=O) groups is 2. The fourth-order valence-corrected chi connectivity index (χ4v) is 5.77. The van der Waals surface area contributed by atoms with Crippen LogP contribution in [0.3, 0.4) is 0 Å². The molecule has 0 saturated heterocycles. The van der Waals surface area contributed by atoms with E-state index in [9.17, 15) is 25.0 Å². The predicted molar refractivity (Wildman–Crippen MR) is 150 cm³/mol. The third kappa shape index (κ3) is 5.77. The molecule has 1 unspecified atom stereocenters. The van der Waals surface area contributed by atoms with Crippen LogP contribution in [0.5, 0.6) is 0 Å². The van der Waals surface area contributed by atoms with Crippen LogP contribution in [0.25, 0.3) is 0 Å². The minimum absolute atomic E-state index is 0.0943. The molecule has 1 aliphatic rings. The number of hydrogen-bond donors (Lipinski definition) is 3. The highest BCUT2D eigenvalue weighted by molar-refractivity contribution is 8.03. The zero-order valence-corrected chi connectivity index (χ0v) is 22.1. The van der Waals surface area contributed by atoms with Gasteiger partial charge in [-0.1, -0.05) is 48.2 Å². The summed E-state index contributed by atoms with van der Waals surface area (Å²) in [4.78, 5) is 37.7. The molecule has 1 atom stereocenters. The Hall–Kier alpha value is -4.40. The summed E-state index contributed by atoms with van der Waals surface area (Å²) in [6.45, 7) is 3.66. The van der Waals surface area contributed by atoms with E-state index >= 15 is 0 Å². The number of para-hydroxylation sites is 3. The minimum atomic E-state index is -0.619. The second-order valence-electron chi connectivity index (χ2n) is 8.35. The van der Waals surface area contributed by atoms with Crippen molar-refractivity contribution in [2.75, 3.05) is 16.4 Å². The molecule has 2 heterocycles. The van der Waals surface area contributed by atoms with E-state index in [0.717, 1.165) is 22.2 Å². The third-order valence-corrected chi connectivity index (χ3v) is 7.79. The average molecular weight is 546 g/mol. The van der Waals surface area contributed by atoms with Crippen molar-refractivity contribution in [1.29, 1.82) is 5.26 Å². The van der Waals surface area contributed by atoms with Gasteiger partial charge in [0.1, 0.15) is 5.69 Å². The Bertz CT molecular complexity index is 1510. The lowest BCUT2D eigenvalue weighted by Gasteiger charge is -2.29. The highest BCUT2D eigenvalue weighted by Crippen LogP contribution is 2.42. The van der Waals surface area contributed by atoms with Crippen molar-refractivity contribution in [3.8, 4) is 6.07 Å². The third-order valence-electron chi connectivity index (χ3n) is 5.84. The minimum Gasteiger partial charge on any atom is -0.353 e. The number of allylic oxidation sites excluding steroid dienone is 2. The number of nitro benzene ring substituents is 1. The smallest absolute Gasteiger partial charge is 0.292 e. The highest BCUT2D eigenvalue weighted by Gasteiger charge is 2.35. The van der Waals surface area contributed by atoms with Crippen molar-refractivity contribution in [2.24, 2.45) is 0 Å². The summed E-state index contributed by atoms with van der Waals surface area (Å²) < 4.78 is 0. The predicted octanol–water partition coefficient (Wildman–Crippen LogP) is 5.67. The van der Waals surface area contributed by atoms with Gasteiger partial charge in [0.05, 0.1) is 33.3 Å². The maximum atomic E-state index is 13.5. The van der Waals surface area contributed by atoms with E-state index in [1.54, 1.807) is 13.0 Å². The van der Waals surface area contributed by atoms with Gasteiger partial charge in [-0.2, -0.15) is 5.26 Å². The van der Waals surface area contributed by atoms with Gasteiger partial charge in [0.15, 0.2) is 0 Å². The van der Waals surface area contributed by atoms with Gasteiger partial charge in [0, 0.05) is 27.9 Å². The first-order chi connectivity index (χ1) is 18.3. The van der Waals surface area contributed by atoms with Crippen LogP contribution in [0.4, 0.5) is 17.1 Å². The van der Waals surface area contributed by atoms with Gasteiger partial charge < -0.3 is 16.0 Å². The molecule has 2 amide bonds. The summed E-state index contributed by atoms with van der Waals surface area (Å²) in [5.74, 6) is -1.51. The molecule has 38 heavy (non-hydrogen) atoms. The van der Waals surface area contributed by atoms with Crippen LogP contribution in [-0.4, -0.2) is 22.5 Å². The number of anilines is 2. The van der Waals surface area contributed by atoms with E-state index in [4.69, 9.17) is 0 Å². The molecule has 9 nitrogen and oxygen atoms in total. The van der Waals surface area contributed by atoms with E-state index in [2.05, 4.69) is 22.0 Å². The number of amides is 2. The number of thioether (sulfide) groups is 1. The van der Waals surface area contributed by atoms with Crippen LogP contribution in [0, 0.1) is 28.4 Å². The Kier molecular flexibility index (Phi) is 8.25. The van der Waals surface area contributed by atoms with Gasteiger partial charge in [-0.05, 0) is 43.0 Å². The Morgan fingerprint density at radius 3 is 2.45 bits per heavy atom. The van der Waals surface area contributed by atoms with Crippen LogP contribution in [-0.2, 0) is 9.59 Å². The van der Waals surface area contributed by atoms with Crippen molar-refractivity contribution in [3.05, 3.63) is 108 Å². The Balaban J connectivity index is 1.59. The van der Waals surface area contributed by atoms with E-state index in [1.165, 1.54) is 29.5 Å². The van der Waals surface area contributed by atoms with E-state index in [1.807, 2.05) is 48.7 Å². The topological polar surface area (TPSA) is 137 Å². The molecule has 0 bridgehead atoms. The summed E-state index contributed by atoms with van der Waals surface area (Å²) in [7, 11) is 0. The first kappa shape index (κ1) is 26.7. The number of nitriles is 1. The number of aryl methyl sites for hydroxylation is 1. The molecule has 3 N–H and O–H groups in total. The zero-order valence-electron chi connectivity index (χ0n) is 20.5. The molecule has 1 aromatic heterocycles. The zero-order chi connectivity index (χ0) is 27.2. The molecule has 0 radical (unpaired) electrons. The van der Waals surface area contributed by atoms with Crippen molar-refractivity contribution < 1.29 is 14.5 Å².